The van der Waals surface area contributed by atoms with Crippen LogP contribution >= 0.6 is 22.6 Å². The Kier molecular flexibility index (Phi) is 8.45. The van der Waals surface area contributed by atoms with Crippen molar-refractivity contribution in [3.63, 3.8) is 0 Å². The van der Waals surface area contributed by atoms with Crippen molar-refractivity contribution < 1.29 is 28.5 Å². The molecule has 1 N–H and O–H groups in total. The molecular formula is C42H35IN4O6. The fourth-order valence-corrected chi connectivity index (χ4v) is 8.61. The number of hydrogen-bond donors (Lipinski definition) is 1. The summed E-state index contributed by atoms with van der Waals surface area (Å²) in [4.78, 5) is 36.1. The van der Waals surface area contributed by atoms with E-state index < -0.39 is 0 Å². The number of rotatable bonds is 8. The summed E-state index contributed by atoms with van der Waals surface area (Å²) in [7, 11) is 3.15. The highest BCUT2D eigenvalue weighted by molar-refractivity contribution is 14.1. The zero-order valence-electron chi connectivity index (χ0n) is 29.1. The quantitative estimate of drug-likeness (QED) is 0.160. The number of anilines is 3. The first-order valence-corrected chi connectivity index (χ1v) is 18.6. The molecule has 0 unspecified atom stereocenters. The second-order valence-corrected chi connectivity index (χ2v) is 14.8. The van der Waals surface area contributed by atoms with Crippen LogP contribution in [-0.2, 0) is 26.1 Å². The van der Waals surface area contributed by atoms with Gasteiger partial charge in [0, 0.05) is 46.3 Å². The fourth-order valence-electron chi connectivity index (χ4n) is 7.81. The maximum absolute atomic E-state index is 13.8. The number of nitrogens with one attached hydrogen (secondary N) is 1. The summed E-state index contributed by atoms with van der Waals surface area (Å²) in [6.45, 7) is 1.16. The van der Waals surface area contributed by atoms with Gasteiger partial charge in [-0.05, 0) is 93.7 Å². The lowest BCUT2D eigenvalue weighted by molar-refractivity contribution is 0.0976. The molecule has 266 valence electrons. The number of benzene rings is 5. The standard InChI is InChI=1S/C42H35IN4O6/c1-50-37-16-31-33(44-20-29-14-26-7-3-5-9-35(26)46(29)41(31)48)18-39(37)52-22-24-11-25(13-28(43)12-24)23-53-40-19-34-32(17-38(40)51-2)42(49)47-30(21-45-34)15-27-8-4-6-10-36(27)47/h3-13,16-20,29-30,45H,14-15,21-23H2,1-2H3/t29-,30-/m0/s1. The van der Waals surface area contributed by atoms with E-state index in [-0.39, 0.29) is 37.1 Å². The number of para-hydroxylation sites is 2. The summed E-state index contributed by atoms with van der Waals surface area (Å²) in [5, 5.41) is 3.49. The molecule has 10 nitrogen and oxygen atoms in total. The topological polar surface area (TPSA) is 102 Å². The fraction of sp³-hybridized carbons (Fsp3) is 0.214. The largest absolute Gasteiger partial charge is 0.493 e. The summed E-state index contributed by atoms with van der Waals surface area (Å²) < 4.78 is 25.1. The summed E-state index contributed by atoms with van der Waals surface area (Å²) in [6.07, 6.45) is 3.38. The van der Waals surface area contributed by atoms with Crippen LogP contribution in [0.4, 0.5) is 22.7 Å². The van der Waals surface area contributed by atoms with Crippen molar-refractivity contribution in [2.24, 2.45) is 4.99 Å². The predicted molar refractivity (Wildman–Crippen MR) is 212 cm³/mol. The van der Waals surface area contributed by atoms with Crippen LogP contribution in [0, 0.1) is 3.57 Å². The number of hydrogen-bond acceptors (Lipinski definition) is 8. The number of fused-ring (bicyclic) bond motifs is 8. The average Bonchev–Trinajstić information content (AvgIpc) is 3.67. The number of amides is 2. The molecule has 0 aromatic heterocycles. The first-order valence-electron chi connectivity index (χ1n) is 17.5. The molecule has 4 aliphatic rings. The number of methoxy groups -OCH3 is 2. The van der Waals surface area contributed by atoms with E-state index in [9.17, 15) is 9.59 Å². The SMILES string of the molecule is COc1cc2c(cc1OCc1cc(I)cc(COc3cc4c(cc3OC)C(=O)N3c5ccccc5C[C@H]3CN4)c1)N=C[C@@H]1Cc3ccccc3N1C2=O. The van der Waals surface area contributed by atoms with Crippen molar-refractivity contribution in [3.05, 3.63) is 128 Å². The highest BCUT2D eigenvalue weighted by Crippen LogP contribution is 2.43. The highest BCUT2D eigenvalue weighted by atomic mass is 127. The molecule has 0 saturated heterocycles. The minimum atomic E-state index is -0.143. The van der Waals surface area contributed by atoms with Crippen molar-refractivity contribution in [2.75, 3.05) is 35.9 Å². The van der Waals surface area contributed by atoms with Crippen LogP contribution in [0.1, 0.15) is 43.0 Å². The van der Waals surface area contributed by atoms with E-state index in [1.165, 1.54) is 5.56 Å². The van der Waals surface area contributed by atoms with E-state index in [0.717, 1.165) is 50.2 Å². The first-order chi connectivity index (χ1) is 25.9. The molecule has 0 aliphatic carbocycles. The molecule has 5 aromatic carbocycles. The van der Waals surface area contributed by atoms with E-state index >= 15 is 0 Å². The molecule has 0 bridgehead atoms. The van der Waals surface area contributed by atoms with Crippen LogP contribution in [0.5, 0.6) is 23.0 Å². The van der Waals surface area contributed by atoms with Crippen LogP contribution in [0.15, 0.2) is 96.0 Å². The van der Waals surface area contributed by atoms with Gasteiger partial charge in [-0.3, -0.25) is 19.5 Å². The molecule has 5 aromatic rings. The number of nitrogens with zero attached hydrogens (tertiary/aromatic N) is 3. The second-order valence-electron chi connectivity index (χ2n) is 13.5. The third-order valence-corrected chi connectivity index (χ3v) is 10.9. The molecule has 9 rings (SSSR count). The summed E-state index contributed by atoms with van der Waals surface area (Å²) >= 11 is 2.29. The van der Waals surface area contributed by atoms with Gasteiger partial charge in [0.2, 0.25) is 0 Å². The Morgan fingerprint density at radius 1 is 0.717 bits per heavy atom. The van der Waals surface area contributed by atoms with Crippen LogP contribution in [0.3, 0.4) is 0 Å². The molecule has 2 atom stereocenters. The number of aliphatic imine (C=N–C) groups is 1. The molecule has 11 heteroatoms. The molecule has 0 fully saturated rings. The van der Waals surface area contributed by atoms with Crippen LogP contribution < -0.4 is 34.1 Å². The summed E-state index contributed by atoms with van der Waals surface area (Å²) in [5.41, 5.74) is 8.36. The number of ether oxygens (including phenoxy) is 4. The van der Waals surface area contributed by atoms with E-state index in [2.05, 4.69) is 52.2 Å². The van der Waals surface area contributed by atoms with Crippen molar-refractivity contribution in [2.45, 2.75) is 38.1 Å². The first kappa shape index (κ1) is 33.3. The van der Waals surface area contributed by atoms with Gasteiger partial charge in [-0.25, -0.2) is 0 Å². The minimum absolute atomic E-state index is 0.0339. The molecule has 0 saturated carbocycles. The van der Waals surface area contributed by atoms with E-state index in [1.807, 2.05) is 64.5 Å². The van der Waals surface area contributed by atoms with Crippen LogP contribution in [-0.4, -0.2) is 50.9 Å². The van der Waals surface area contributed by atoms with Crippen molar-refractivity contribution in [3.8, 4) is 23.0 Å². The van der Waals surface area contributed by atoms with Gasteiger partial charge in [0.25, 0.3) is 11.8 Å². The normalized spacial score (nSPS) is 17.7. The van der Waals surface area contributed by atoms with E-state index in [0.29, 0.717) is 46.4 Å². The van der Waals surface area contributed by atoms with Gasteiger partial charge in [-0.1, -0.05) is 36.4 Å². The Balaban J connectivity index is 0.919. The lowest BCUT2D eigenvalue weighted by atomic mass is 10.1. The monoisotopic (exact) mass is 818 g/mol. The Morgan fingerprint density at radius 2 is 1.32 bits per heavy atom. The Morgan fingerprint density at radius 3 is 2.02 bits per heavy atom. The van der Waals surface area contributed by atoms with Gasteiger partial charge in [0.15, 0.2) is 23.0 Å². The lowest BCUT2D eigenvalue weighted by Gasteiger charge is -2.22. The van der Waals surface area contributed by atoms with Gasteiger partial charge in [-0.2, -0.15) is 0 Å². The second kappa shape index (κ2) is 13.4. The average molecular weight is 819 g/mol. The van der Waals surface area contributed by atoms with Gasteiger partial charge >= 0.3 is 0 Å². The highest BCUT2D eigenvalue weighted by Gasteiger charge is 2.38. The third-order valence-electron chi connectivity index (χ3n) is 10.3. The van der Waals surface area contributed by atoms with Gasteiger partial charge in [0.05, 0.1) is 48.8 Å². The minimum Gasteiger partial charge on any atom is -0.493 e. The maximum atomic E-state index is 13.8. The summed E-state index contributed by atoms with van der Waals surface area (Å²) in [5.74, 6) is 1.82. The lowest BCUT2D eigenvalue weighted by Crippen LogP contribution is -2.39. The number of halogens is 1. The summed E-state index contributed by atoms with van der Waals surface area (Å²) in [6, 6.07) is 29.2. The van der Waals surface area contributed by atoms with E-state index in [4.69, 9.17) is 23.9 Å². The molecule has 2 amide bonds. The molecule has 4 heterocycles. The number of carbonyl (C=O) groups is 2. The molecular weight excluding hydrogens is 783 g/mol. The molecule has 0 radical (unpaired) electrons. The van der Waals surface area contributed by atoms with Gasteiger partial charge in [0.1, 0.15) is 13.2 Å². The Hall–Kier alpha value is -5.56. The van der Waals surface area contributed by atoms with Crippen LogP contribution in [0.2, 0.25) is 0 Å². The van der Waals surface area contributed by atoms with E-state index in [1.54, 1.807) is 32.4 Å². The van der Waals surface area contributed by atoms with Gasteiger partial charge < -0.3 is 29.2 Å². The smallest absolute Gasteiger partial charge is 0.261 e. The zero-order chi connectivity index (χ0) is 36.2. The molecule has 4 aliphatic heterocycles. The zero-order valence-corrected chi connectivity index (χ0v) is 31.3. The van der Waals surface area contributed by atoms with Crippen molar-refractivity contribution in [1.29, 1.82) is 0 Å². The number of carbonyl (C=O) groups excluding carboxylic acids is 2. The van der Waals surface area contributed by atoms with Gasteiger partial charge in [-0.15, -0.1) is 0 Å². The molecule has 0 spiro atoms. The van der Waals surface area contributed by atoms with Crippen molar-refractivity contribution in [1.82, 2.24) is 0 Å². The predicted octanol–water partition coefficient (Wildman–Crippen LogP) is 7.75. The van der Waals surface area contributed by atoms with Crippen molar-refractivity contribution >= 4 is 63.4 Å². The maximum Gasteiger partial charge on any atom is 0.261 e. The Labute approximate surface area is 320 Å². The Bertz CT molecular complexity index is 2340. The molecule has 53 heavy (non-hydrogen) atoms. The third kappa shape index (κ3) is 5.92. The van der Waals surface area contributed by atoms with Crippen LogP contribution in [0.25, 0.3) is 0 Å².